The maximum absolute atomic E-state index is 12.7. The average molecular weight is 320 g/mol. The van der Waals surface area contributed by atoms with Crippen molar-refractivity contribution in [2.24, 2.45) is 4.99 Å². The minimum atomic E-state index is -0.0825. The number of aliphatic imine (C=N–C) groups is 1. The molecular weight excluding hydrogens is 300 g/mol. The summed E-state index contributed by atoms with van der Waals surface area (Å²) in [6.45, 7) is 0. The first-order valence-corrected chi connectivity index (χ1v) is 8.94. The van der Waals surface area contributed by atoms with E-state index in [2.05, 4.69) is 9.98 Å². The number of aryl methyl sites for hydroxylation is 2. The van der Waals surface area contributed by atoms with Crippen LogP contribution < -0.4 is 0 Å². The van der Waals surface area contributed by atoms with E-state index in [1.807, 2.05) is 12.1 Å². The number of nitrogens with zero attached hydrogens (tertiary/aromatic N) is 1. The van der Waals surface area contributed by atoms with E-state index in [1.54, 1.807) is 0 Å². The Morgan fingerprint density at radius 1 is 1.00 bits per heavy atom. The van der Waals surface area contributed by atoms with Crippen molar-refractivity contribution in [1.29, 1.82) is 0 Å². The molecule has 4 aliphatic rings. The van der Waals surface area contributed by atoms with Crippen molar-refractivity contribution >= 4 is 17.1 Å². The van der Waals surface area contributed by atoms with Gasteiger partial charge in [-0.2, -0.15) is 0 Å². The van der Waals surface area contributed by atoms with E-state index < -0.39 is 0 Å². The maximum atomic E-state index is 12.7. The number of aliphatic hydroxyl groups excluding tert-OH is 1. The molecule has 4 heteroatoms. The lowest BCUT2D eigenvalue weighted by molar-refractivity contribution is -0.111. The van der Waals surface area contributed by atoms with E-state index in [9.17, 15) is 9.90 Å². The van der Waals surface area contributed by atoms with Gasteiger partial charge in [0.1, 0.15) is 5.76 Å². The number of aromatic amines is 1. The maximum Gasteiger partial charge on any atom is 0.204 e. The van der Waals surface area contributed by atoms with Crippen LogP contribution in [-0.4, -0.2) is 21.6 Å². The molecule has 2 N–H and O–H groups in total. The van der Waals surface area contributed by atoms with Gasteiger partial charge >= 0.3 is 0 Å². The Balaban J connectivity index is 1.55. The molecule has 0 radical (unpaired) electrons. The first kappa shape index (κ1) is 14.0. The number of aromatic nitrogens is 1. The molecule has 1 aromatic heterocycles. The van der Waals surface area contributed by atoms with Crippen LogP contribution >= 0.6 is 0 Å². The van der Waals surface area contributed by atoms with E-state index in [1.165, 1.54) is 36.1 Å². The number of hydrogen-bond donors (Lipinski definition) is 2. The van der Waals surface area contributed by atoms with E-state index in [0.717, 1.165) is 43.5 Å². The van der Waals surface area contributed by atoms with Crippen molar-refractivity contribution in [2.75, 3.05) is 0 Å². The van der Waals surface area contributed by atoms with E-state index in [0.29, 0.717) is 16.8 Å². The van der Waals surface area contributed by atoms with Gasteiger partial charge in [0.15, 0.2) is 0 Å². The van der Waals surface area contributed by atoms with Crippen LogP contribution in [0, 0.1) is 0 Å². The quantitative estimate of drug-likeness (QED) is 0.769. The van der Waals surface area contributed by atoms with Crippen LogP contribution in [0.2, 0.25) is 0 Å². The Morgan fingerprint density at radius 2 is 1.79 bits per heavy atom. The number of fused-ring (bicyclic) bond motifs is 2. The molecule has 1 aromatic rings. The molecule has 0 saturated heterocycles. The topological polar surface area (TPSA) is 65.5 Å². The lowest BCUT2D eigenvalue weighted by Gasteiger charge is -2.21. The van der Waals surface area contributed by atoms with Crippen LogP contribution in [0.15, 0.2) is 39.7 Å². The van der Waals surface area contributed by atoms with Gasteiger partial charge in [0.25, 0.3) is 0 Å². The highest BCUT2D eigenvalue weighted by atomic mass is 16.3. The monoisotopic (exact) mass is 320 g/mol. The molecular formula is C20H20N2O2. The molecule has 0 bridgehead atoms. The van der Waals surface area contributed by atoms with Gasteiger partial charge in [-0.1, -0.05) is 0 Å². The normalized spacial score (nSPS) is 25.9. The van der Waals surface area contributed by atoms with Gasteiger partial charge in [0, 0.05) is 11.4 Å². The van der Waals surface area contributed by atoms with E-state index in [4.69, 9.17) is 0 Å². The molecule has 0 unspecified atom stereocenters. The number of H-pyrrole nitrogens is 1. The molecule has 1 fully saturated rings. The number of hydrogen-bond acceptors (Lipinski definition) is 3. The molecule has 2 heterocycles. The van der Waals surface area contributed by atoms with Gasteiger partial charge in [-0.15, -0.1) is 0 Å². The zero-order valence-electron chi connectivity index (χ0n) is 13.6. The predicted octanol–water partition coefficient (Wildman–Crippen LogP) is 3.95. The van der Waals surface area contributed by atoms with Crippen LogP contribution in [0.1, 0.15) is 55.5 Å². The lowest BCUT2D eigenvalue weighted by Crippen LogP contribution is -2.22. The van der Waals surface area contributed by atoms with Crippen molar-refractivity contribution < 1.29 is 9.90 Å². The van der Waals surface area contributed by atoms with Crippen LogP contribution in [-0.2, 0) is 17.6 Å². The highest BCUT2D eigenvalue weighted by molar-refractivity contribution is 6.39. The molecule has 1 saturated carbocycles. The van der Waals surface area contributed by atoms with Gasteiger partial charge in [0.05, 0.1) is 22.5 Å². The second-order valence-electron chi connectivity index (χ2n) is 7.14. The highest BCUT2D eigenvalue weighted by Crippen LogP contribution is 2.41. The highest BCUT2D eigenvalue weighted by Gasteiger charge is 2.39. The summed E-state index contributed by atoms with van der Waals surface area (Å²) in [6.07, 6.45) is 10.8. The van der Waals surface area contributed by atoms with Crippen molar-refractivity contribution in [2.45, 2.75) is 51.4 Å². The fourth-order valence-electron chi connectivity index (χ4n) is 4.30. The molecule has 0 spiro atoms. The third-order valence-corrected chi connectivity index (χ3v) is 5.61. The smallest absolute Gasteiger partial charge is 0.204 e. The standard InChI is InChI=1S/C20H20N2O2/c23-19-17(15-9-11-5-1-3-7-13(11)21-15)20(24)18(19)16-10-12-6-2-4-8-14(12)22-16/h9-10,21,23H,1-8H2/b18-16-. The number of rotatable bonds is 1. The molecule has 1 aliphatic heterocycles. The molecule has 0 atom stereocenters. The first-order chi connectivity index (χ1) is 11.7. The van der Waals surface area contributed by atoms with Crippen LogP contribution in [0.25, 0.3) is 5.57 Å². The Labute approximate surface area is 140 Å². The Morgan fingerprint density at radius 3 is 2.58 bits per heavy atom. The van der Waals surface area contributed by atoms with E-state index >= 15 is 0 Å². The van der Waals surface area contributed by atoms with Crippen LogP contribution in [0.4, 0.5) is 0 Å². The summed E-state index contributed by atoms with van der Waals surface area (Å²) in [4.78, 5) is 20.6. The zero-order valence-corrected chi connectivity index (χ0v) is 13.6. The van der Waals surface area contributed by atoms with Crippen molar-refractivity contribution in [3.8, 4) is 0 Å². The van der Waals surface area contributed by atoms with Gasteiger partial charge in [0.2, 0.25) is 5.78 Å². The second kappa shape index (κ2) is 5.07. The van der Waals surface area contributed by atoms with Gasteiger partial charge < -0.3 is 10.1 Å². The summed E-state index contributed by atoms with van der Waals surface area (Å²) in [6, 6.07) is 2.04. The molecule has 5 rings (SSSR count). The Hall–Kier alpha value is -2.36. The summed E-state index contributed by atoms with van der Waals surface area (Å²) >= 11 is 0. The average Bonchev–Trinajstić information content (AvgIpc) is 3.17. The minimum absolute atomic E-state index is 0.0825. The number of ketones is 1. The SMILES string of the molecule is O=C1C(c2cc3c([nH]2)CCCC3)=C(O)/C1=C1\C=C2CCCCC2=N1. The van der Waals surface area contributed by atoms with Gasteiger partial charge in [-0.3, -0.25) is 9.79 Å². The molecule has 0 amide bonds. The number of carbonyl (C=O) groups excluding carboxylic acids is 1. The van der Waals surface area contributed by atoms with Crippen LogP contribution in [0.5, 0.6) is 0 Å². The van der Waals surface area contributed by atoms with Gasteiger partial charge in [-0.05, 0) is 74.6 Å². The largest absolute Gasteiger partial charge is 0.506 e. The molecule has 24 heavy (non-hydrogen) atoms. The summed E-state index contributed by atoms with van der Waals surface area (Å²) < 4.78 is 0. The fraction of sp³-hybridized carbons (Fsp3) is 0.400. The second-order valence-corrected chi connectivity index (χ2v) is 7.14. The Bertz CT molecular complexity index is 845. The summed E-state index contributed by atoms with van der Waals surface area (Å²) in [5, 5.41) is 10.5. The summed E-state index contributed by atoms with van der Waals surface area (Å²) in [5.74, 6) is 0.0226. The molecule has 4 nitrogen and oxygen atoms in total. The van der Waals surface area contributed by atoms with Crippen molar-refractivity contribution in [3.63, 3.8) is 0 Å². The van der Waals surface area contributed by atoms with Crippen LogP contribution in [0.3, 0.4) is 0 Å². The summed E-state index contributed by atoms with van der Waals surface area (Å²) in [7, 11) is 0. The van der Waals surface area contributed by atoms with E-state index in [-0.39, 0.29) is 11.5 Å². The van der Waals surface area contributed by atoms with Crippen molar-refractivity contribution in [3.05, 3.63) is 51.7 Å². The van der Waals surface area contributed by atoms with Gasteiger partial charge in [-0.25, -0.2) is 0 Å². The number of aliphatic hydroxyl groups is 1. The summed E-state index contributed by atoms with van der Waals surface area (Å²) in [5.41, 5.74) is 7.11. The minimum Gasteiger partial charge on any atom is -0.506 e. The predicted molar refractivity (Wildman–Crippen MR) is 93.0 cm³/mol. The third kappa shape index (κ3) is 1.92. The lowest BCUT2D eigenvalue weighted by atomic mass is 9.84. The number of Topliss-reactive ketones (excluding diaryl/α,β-unsaturated/α-hetero) is 1. The molecule has 122 valence electrons. The fourth-order valence-corrected chi connectivity index (χ4v) is 4.30. The number of carbonyl (C=O) groups is 1. The number of nitrogens with one attached hydrogen (secondary N) is 1. The zero-order chi connectivity index (χ0) is 16.3. The molecule has 3 aliphatic carbocycles. The number of allylic oxidation sites excluding steroid dienone is 4. The third-order valence-electron chi connectivity index (χ3n) is 5.61. The first-order valence-electron chi connectivity index (χ1n) is 8.94. The van der Waals surface area contributed by atoms with Crippen molar-refractivity contribution in [1.82, 2.24) is 4.98 Å². The molecule has 0 aromatic carbocycles. The Kier molecular flexibility index (Phi) is 2.96.